The molecule has 0 aliphatic carbocycles. The number of hydrogen-bond donors (Lipinski definition) is 2. The van der Waals surface area contributed by atoms with Gasteiger partial charge in [0.2, 0.25) is 5.88 Å². The van der Waals surface area contributed by atoms with Gasteiger partial charge in [0, 0.05) is 24.0 Å². The number of aryl methyl sites for hydroxylation is 1. The number of rotatable bonds is 6. The summed E-state index contributed by atoms with van der Waals surface area (Å²) in [4.78, 5) is 28.0. The fourth-order valence-electron chi connectivity index (χ4n) is 2.09. The van der Waals surface area contributed by atoms with Gasteiger partial charge in [-0.3, -0.25) is 9.59 Å². The van der Waals surface area contributed by atoms with Crippen LogP contribution in [0.15, 0.2) is 42.6 Å². The quantitative estimate of drug-likeness (QED) is 0.798. The zero-order valence-corrected chi connectivity index (χ0v) is 13.8. The minimum absolute atomic E-state index is 0.171. The number of carbonyl (C=O) groups excluding carboxylic acids is 2. The maximum absolute atomic E-state index is 11.9. The molecule has 0 saturated heterocycles. The normalized spacial score (nSPS) is 10.1. The van der Waals surface area contributed by atoms with Gasteiger partial charge in [-0.25, -0.2) is 4.98 Å². The van der Waals surface area contributed by atoms with E-state index in [2.05, 4.69) is 22.5 Å². The van der Waals surface area contributed by atoms with E-state index in [1.165, 1.54) is 0 Å². The predicted molar refractivity (Wildman–Crippen MR) is 91.7 cm³/mol. The van der Waals surface area contributed by atoms with Crippen molar-refractivity contribution in [1.82, 2.24) is 10.3 Å². The van der Waals surface area contributed by atoms with Crippen LogP contribution in [0.1, 0.15) is 25.0 Å². The molecular weight excluding hydrogens is 306 g/mol. The number of nitrogens with zero attached hydrogens (tertiary/aromatic N) is 1. The van der Waals surface area contributed by atoms with Crippen LogP contribution >= 0.6 is 0 Å². The third-order valence-electron chi connectivity index (χ3n) is 3.40. The summed E-state index contributed by atoms with van der Waals surface area (Å²) in [6, 6.07) is 10.9. The van der Waals surface area contributed by atoms with Crippen molar-refractivity contribution in [3.8, 4) is 5.88 Å². The van der Waals surface area contributed by atoms with Crippen molar-refractivity contribution in [2.75, 3.05) is 11.9 Å². The summed E-state index contributed by atoms with van der Waals surface area (Å²) in [6.07, 6.45) is 2.53. The number of benzene rings is 1. The number of nitrogens with one attached hydrogen (secondary N) is 2. The van der Waals surface area contributed by atoms with Crippen molar-refractivity contribution >= 4 is 17.5 Å². The highest BCUT2D eigenvalue weighted by molar-refractivity contribution is 6.39. The second-order valence-electron chi connectivity index (χ2n) is 5.09. The van der Waals surface area contributed by atoms with Gasteiger partial charge in [0.05, 0.1) is 6.61 Å². The van der Waals surface area contributed by atoms with Gasteiger partial charge in [-0.1, -0.05) is 25.1 Å². The molecule has 1 aromatic carbocycles. The van der Waals surface area contributed by atoms with Gasteiger partial charge in [0.1, 0.15) is 0 Å². The highest BCUT2D eigenvalue weighted by atomic mass is 16.5. The average Bonchev–Trinajstić information content (AvgIpc) is 2.61. The molecule has 2 aromatic rings. The third-order valence-corrected chi connectivity index (χ3v) is 3.40. The highest BCUT2D eigenvalue weighted by Gasteiger charge is 2.14. The van der Waals surface area contributed by atoms with Crippen LogP contribution in [0.2, 0.25) is 0 Å². The number of ether oxygens (including phenoxy) is 1. The first kappa shape index (κ1) is 17.5. The van der Waals surface area contributed by atoms with E-state index in [1.54, 1.807) is 30.5 Å². The fraction of sp³-hybridized carbons (Fsp3) is 0.278. The molecule has 0 aliphatic rings. The lowest BCUT2D eigenvalue weighted by atomic mass is 10.1. The van der Waals surface area contributed by atoms with E-state index < -0.39 is 11.8 Å². The molecule has 0 spiro atoms. The Balaban J connectivity index is 1.90. The SMILES string of the molecule is CCOc1ncccc1CNC(=O)C(=O)Nc1ccc(CC)cc1. The van der Waals surface area contributed by atoms with Crippen LogP contribution in [0.4, 0.5) is 5.69 Å². The molecule has 0 fully saturated rings. The minimum Gasteiger partial charge on any atom is -0.478 e. The van der Waals surface area contributed by atoms with Crippen molar-refractivity contribution in [3.05, 3.63) is 53.7 Å². The summed E-state index contributed by atoms with van der Waals surface area (Å²) in [7, 11) is 0. The molecule has 24 heavy (non-hydrogen) atoms. The van der Waals surface area contributed by atoms with Crippen LogP contribution in [-0.2, 0) is 22.6 Å². The molecule has 1 heterocycles. The predicted octanol–water partition coefficient (Wildman–Crippen LogP) is 2.30. The Hall–Kier alpha value is -2.89. The standard InChI is InChI=1S/C18H21N3O3/c1-3-13-7-9-15(10-8-13)21-17(23)16(22)20-12-14-6-5-11-19-18(14)24-4-2/h5-11H,3-4,12H2,1-2H3,(H,20,22)(H,21,23). The van der Waals surface area contributed by atoms with Crippen LogP contribution in [0.25, 0.3) is 0 Å². The second kappa shape index (κ2) is 8.67. The molecule has 0 saturated carbocycles. The molecule has 2 amide bonds. The number of pyridine rings is 1. The molecule has 0 bridgehead atoms. The Kier molecular flexibility index (Phi) is 6.31. The first-order chi connectivity index (χ1) is 11.6. The zero-order chi connectivity index (χ0) is 17.4. The third kappa shape index (κ3) is 4.81. The smallest absolute Gasteiger partial charge is 0.313 e. The molecule has 6 heteroatoms. The summed E-state index contributed by atoms with van der Waals surface area (Å²) >= 11 is 0. The van der Waals surface area contributed by atoms with Gasteiger partial charge in [0.25, 0.3) is 0 Å². The van der Waals surface area contributed by atoms with Gasteiger partial charge in [0.15, 0.2) is 0 Å². The molecule has 2 N–H and O–H groups in total. The highest BCUT2D eigenvalue weighted by Crippen LogP contribution is 2.14. The first-order valence-corrected chi connectivity index (χ1v) is 7.88. The monoisotopic (exact) mass is 327 g/mol. The number of hydrogen-bond acceptors (Lipinski definition) is 4. The Labute approximate surface area is 141 Å². The fourth-order valence-corrected chi connectivity index (χ4v) is 2.09. The van der Waals surface area contributed by atoms with Crippen molar-refractivity contribution in [2.24, 2.45) is 0 Å². The summed E-state index contributed by atoms with van der Waals surface area (Å²) in [5.41, 5.74) is 2.47. The summed E-state index contributed by atoms with van der Waals surface area (Å²) in [5.74, 6) is -0.960. The molecule has 0 aliphatic heterocycles. The Morgan fingerprint density at radius 3 is 2.50 bits per heavy atom. The second-order valence-corrected chi connectivity index (χ2v) is 5.09. The Bertz CT molecular complexity index is 699. The summed E-state index contributed by atoms with van der Waals surface area (Å²) in [6.45, 7) is 4.56. The van der Waals surface area contributed by atoms with Crippen molar-refractivity contribution in [3.63, 3.8) is 0 Å². The molecule has 0 unspecified atom stereocenters. The number of amides is 2. The van der Waals surface area contributed by atoms with E-state index in [4.69, 9.17) is 4.74 Å². The number of carbonyl (C=O) groups is 2. The van der Waals surface area contributed by atoms with E-state index in [0.29, 0.717) is 23.7 Å². The Morgan fingerprint density at radius 2 is 1.83 bits per heavy atom. The lowest BCUT2D eigenvalue weighted by Crippen LogP contribution is -2.35. The minimum atomic E-state index is -0.708. The zero-order valence-electron chi connectivity index (χ0n) is 13.8. The topological polar surface area (TPSA) is 80.3 Å². The maximum atomic E-state index is 11.9. The van der Waals surface area contributed by atoms with E-state index in [0.717, 1.165) is 12.0 Å². The summed E-state index contributed by atoms with van der Waals surface area (Å²) in [5, 5.41) is 5.14. The van der Waals surface area contributed by atoms with E-state index >= 15 is 0 Å². The van der Waals surface area contributed by atoms with Gasteiger partial charge < -0.3 is 15.4 Å². The van der Waals surface area contributed by atoms with Gasteiger partial charge in [-0.2, -0.15) is 0 Å². The van der Waals surface area contributed by atoms with E-state index in [1.807, 2.05) is 19.1 Å². The molecule has 0 radical (unpaired) electrons. The number of aromatic nitrogens is 1. The van der Waals surface area contributed by atoms with Gasteiger partial charge >= 0.3 is 11.8 Å². The molecular formula is C18H21N3O3. The number of anilines is 1. The van der Waals surface area contributed by atoms with Crippen LogP contribution < -0.4 is 15.4 Å². The average molecular weight is 327 g/mol. The molecule has 1 aromatic heterocycles. The summed E-state index contributed by atoms with van der Waals surface area (Å²) < 4.78 is 5.38. The van der Waals surface area contributed by atoms with Crippen molar-refractivity contribution in [2.45, 2.75) is 26.8 Å². The van der Waals surface area contributed by atoms with Crippen molar-refractivity contribution < 1.29 is 14.3 Å². The van der Waals surface area contributed by atoms with Crippen LogP contribution in [0.3, 0.4) is 0 Å². The lowest BCUT2D eigenvalue weighted by molar-refractivity contribution is -0.136. The Morgan fingerprint density at radius 1 is 1.08 bits per heavy atom. The molecule has 2 rings (SSSR count). The molecule has 0 atom stereocenters. The van der Waals surface area contributed by atoms with E-state index in [9.17, 15) is 9.59 Å². The molecule has 126 valence electrons. The van der Waals surface area contributed by atoms with Crippen molar-refractivity contribution in [1.29, 1.82) is 0 Å². The van der Waals surface area contributed by atoms with E-state index in [-0.39, 0.29) is 6.54 Å². The molecule has 6 nitrogen and oxygen atoms in total. The van der Waals surface area contributed by atoms with Crippen LogP contribution in [-0.4, -0.2) is 23.4 Å². The van der Waals surface area contributed by atoms with Gasteiger partial charge in [-0.05, 0) is 37.1 Å². The maximum Gasteiger partial charge on any atom is 0.313 e. The first-order valence-electron chi connectivity index (χ1n) is 7.88. The van der Waals surface area contributed by atoms with Crippen LogP contribution in [0, 0.1) is 0 Å². The lowest BCUT2D eigenvalue weighted by Gasteiger charge is -2.10. The van der Waals surface area contributed by atoms with Crippen LogP contribution in [0.5, 0.6) is 5.88 Å². The largest absolute Gasteiger partial charge is 0.478 e. The van der Waals surface area contributed by atoms with Gasteiger partial charge in [-0.15, -0.1) is 0 Å².